The van der Waals surface area contributed by atoms with Crippen molar-refractivity contribution in [1.82, 2.24) is 0 Å². The Morgan fingerprint density at radius 2 is 1.12 bits per heavy atom. The third kappa shape index (κ3) is 3.55. The van der Waals surface area contributed by atoms with E-state index in [9.17, 15) is 0 Å². The van der Waals surface area contributed by atoms with Gasteiger partial charge in [-0.2, -0.15) is 0 Å². The molecule has 0 nitrogen and oxygen atoms in total. The van der Waals surface area contributed by atoms with Gasteiger partial charge in [0.2, 0.25) is 0 Å². The first kappa shape index (κ1) is 20.2. The average molecular weight is 439 g/mol. The van der Waals surface area contributed by atoms with Crippen molar-refractivity contribution in [1.29, 1.82) is 0 Å². The van der Waals surface area contributed by atoms with E-state index in [1.54, 1.807) is 0 Å². The van der Waals surface area contributed by atoms with Crippen LogP contribution in [0.15, 0.2) is 36.4 Å². The van der Waals surface area contributed by atoms with Crippen LogP contribution in [0.5, 0.6) is 0 Å². The Balaban J connectivity index is 0.00000208. The first-order valence-corrected chi connectivity index (χ1v) is 9.24. The van der Waals surface area contributed by atoms with Gasteiger partial charge in [-0.3, -0.25) is 0 Å². The molecule has 0 spiro atoms. The van der Waals surface area contributed by atoms with Gasteiger partial charge >= 0.3 is 0 Å². The van der Waals surface area contributed by atoms with Crippen LogP contribution in [-0.2, 0) is 43.5 Å². The van der Waals surface area contributed by atoms with Crippen LogP contribution >= 0.6 is 23.2 Å². The number of benzene rings is 2. The molecule has 0 saturated carbocycles. The van der Waals surface area contributed by atoms with Gasteiger partial charge in [-0.15, -0.1) is 23.2 Å². The third-order valence-corrected chi connectivity index (χ3v) is 6.45. The van der Waals surface area contributed by atoms with Gasteiger partial charge in [0.15, 0.2) is 0 Å². The Bertz CT molecular complexity index is 684. The number of hydrogen-bond donors (Lipinski definition) is 0. The van der Waals surface area contributed by atoms with Crippen molar-refractivity contribution in [3.63, 3.8) is 0 Å². The summed E-state index contributed by atoms with van der Waals surface area (Å²) in [5.74, 6) is 1.26. The summed E-state index contributed by atoms with van der Waals surface area (Å²) in [5.41, 5.74) is 8.22. The molecule has 0 heterocycles. The zero-order valence-electron chi connectivity index (χ0n) is 14.8. The molecule has 0 aromatic heterocycles. The number of alkyl halides is 2. The first-order chi connectivity index (χ1) is 10.8. The molecule has 0 radical (unpaired) electrons. The third-order valence-electron chi connectivity index (χ3n) is 5.11. The van der Waals surface area contributed by atoms with E-state index < -0.39 is 0 Å². The van der Waals surface area contributed by atoms with Crippen molar-refractivity contribution >= 4 is 23.2 Å². The van der Waals surface area contributed by atoms with E-state index in [2.05, 4.69) is 64.1 Å². The number of fused-ring (bicyclic) bond motifs is 3. The Morgan fingerprint density at radius 3 is 1.46 bits per heavy atom. The van der Waals surface area contributed by atoms with Crippen LogP contribution in [-0.4, -0.2) is 11.8 Å². The van der Waals surface area contributed by atoms with Crippen LogP contribution in [0, 0.1) is 0 Å². The van der Waals surface area contributed by atoms with Gasteiger partial charge in [-0.25, -0.2) is 0 Å². The number of halogens is 2. The van der Waals surface area contributed by atoms with Gasteiger partial charge in [-0.05, 0) is 39.8 Å². The largest absolute Gasteiger partial charge is 0.126 e. The van der Waals surface area contributed by atoms with Crippen LogP contribution < -0.4 is 0 Å². The smallest absolute Gasteiger partial charge is 0.0315 e. The van der Waals surface area contributed by atoms with Gasteiger partial charge in [0.25, 0.3) is 0 Å². The molecule has 3 rings (SSSR count). The Hall–Kier alpha value is -0.0969. The van der Waals surface area contributed by atoms with Gasteiger partial charge in [0, 0.05) is 48.8 Å². The molecular weight excluding hydrogens is 414 g/mol. The zero-order chi connectivity index (χ0) is 16.8. The van der Waals surface area contributed by atoms with E-state index in [4.69, 9.17) is 23.2 Å². The van der Waals surface area contributed by atoms with E-state index in [1.165, 1.54) is 33.4 Å². The van der Waals surface area contributed by atoms with Gasteiger partial charge in [0.05, 0.1) is 0 Å². The predicted octanol–water partition coefficient (Wildman–Crippen LogP) is 6.29. The SMILES string of the molecule is CC(C)(CCl)c1ccc2c(c1)Cc1cc(C(C)(C)CCl)ccc1-2.[Zr]. The summed E-state index contributed by atoms with van der Waals surface area (Å²) in [6.45, 7) is 8.80. The van der Waals surface area contributed by atoms with Crippen molar-refractivity contribution in [2.24, 2.45) is 0 Å². The molecular formula is C21H24Cl2Zr. The van der Waals surface area contributed by atoms with Crippen molar-refractivity contribution < 1.29 is 26.2 Å². The Labute approximate surface area is 175 Å². The maximum atomic E-state index is 6.14. The molecule has 0 amide bonds. The first-order valence-electron chi connectivity index (χ1n) is 8.17. The van der Waals surface area contributed by atoms with Crippen LogP contribution in [0.3, 0.4) is 0 Å². The van der Waals surface area contributed by atoms with Crippen LogP contribution in [0.1, 0.15) is 49.9 Å². The molecule has 0 aliphatic heterocycles. The normalized spacial score (nSPS) is 13.2. The molecule has 24 heavy (non-hydrogen) atoms. The summed E-state index contributed by atoms with van der Waals surface area (Å²) in [4.78, 5) is 0. The number of rotatable bonds is 4. The maximum absolute atomic E-state index is 6.14. The monoisotopic (exact) mass is 436 g/mol. The number of hydrogen-bond acceptors (Lipinski definition) is 0. The van der Waals surface area contributed by atoms with E-state index in [0.717, 1.165) is 6.42 Å². The topological polar surface area (TPSA) is 0 Å². The maximum Gasteiger partial charge on any atom is 0.0315 e. The summed E-state index contributed by atoms with van der Waals surface area (Å²) in [6, 6.07) is 13.7. The molecule has 0 N–H and O–H groups in total. The van der Waals surface area contributed by atoms with Crippen molar-refractivity contribution in [2.75, 3.05) is 11.8 Å². The molecule has 2 aromatic rings. The van der Waals surface area contributed by atoms with Crippen molar-refractivity contribution in [3.05, 3.63) is 58.7 Å². The Kier molecular flexibility index (Phi) is 6.12. The average Bonchev–Trinajstić information content (AvgIpc) is 2.91. The van der Waals surface area contributed by atoms with E-state index in [0.29, 0.717) is 11.8 Å². The Morgan fingerprint density at radius 1 is 0.750 bits per heavy atom. The molecule has 0 atom stereocenters. The zero-order valence-corrected chi connectivity index (χ0v) is 18.8. The van der Waals surface area contributed by atoms with Crippen LogP contribution in [0.2, 0.25) is 0 Å². The summed E-state index contributed by atoms with van der Waals surface area (Å²) in [7, 11) is 0. The van der Waals surface area contributed by atoms with Crippen LogP contribution in [0.4, 0.5) is 0 Å². The minimum atomic E-state index is 0. The van der Waals surface area contributed by atoms with E-state index in [-0.39, 0.29) is 37.0 Å². The molecule has 0 fully saturated rings. The summed E-state index contributed by atoms with van der Waals surface area (Å²) < 4.78 is 0. The van der Waals surface area contributed by atoms with Gasteiger partial charge < -0.3 is 0 Å². The standard InChI is InChI=1S/C21H24Cl2.Zr/c1-20(2,12-22)16-5-7-18-14(10-16)9-15-11-17(6-8-19(15)18)21(3,4)13-23;/h5-8,10-11H,9,12-13H2,1-4H3;. The van der Waals surface area contributed by atoms with E-state index >= 15 is 0 Å². The second-order valence-electron chi connectivity index (χ2n) is 7.96. The van der Waals surface area contributed by atoms with Gasteiger partial charge in [0.1, 0.15) is 0 Å². The van der Waals surface area contributed by atoms with Crippen LogP contribution in [0.25, 0.3) is 11.1 Å². The summed E-state index contributed by atoms with van der Waals surface area (Å²) in [5, 5.41) is 0. The molecule has 3 heteroatoms. The molecule has 126 valence electrons. The molecule has 0 unspecified atom stereocenters. The molecule has 1 aliphatic rings. The quantitative estimate of drug-likeness (QED) is 0.420. The fraction of sp³-hybridized carbons (Fsp3) is 0.429. The molecule has 1 aliphatic carbocycles. The summed E-state index contributed by atoms with van der Waals surface area (Å²) >= 11 is 12.3. The van der Waals surface area contributed by atoms with Crippen molar-refractivity contribution in [3.8, 4) is 11.1 Å². The van der Waals surface area contributed by atoms with Gasteiger partial charge in [-0.1, -0.05) is 64.1 Å². The van der Waals surface area contributed by atoms with Crippen molar-refractivity contribution in [2.45, 2.75) is 44.9 Å². The predicted molar refractivity (Wildman–Crippen MR) is 102 cm³/mol. The second kappa shape index (κ2) is 7.26. The second-order valence-corrected chi connectivity index (χ2v) is 8.49. The fourth-order valence-corrected chi connectivity index (χ4v) is 3.52. The molecule has 0 bridgehead atoms. The summed E-state index contributed by atoms with van der Waals surface area (Å²) in [6.07, 6.45) is 1.00. The molecule has 0 saturated heterocycles. The molecule has 2 aromatic carbocycles. The minimum absolute atomic E-state index is 0. The minimum Gasteiger partial charge on any atom is -0.126 e. The van der Waals surface area contributed by atoms with E-state index in [1.807, 2.05) is 0 Å². The fourth-order valence-electron chi connectivity index (χ4n) is 3.21.